The predicted molar refractivity (Wildman–Crippen MR) is 82.3 cm³/mol. The molecule has 0 bridgehead atoms. The van der Waals surface area contributed by atoms with Crippen molar-refractivity contribution in [1.82, 2.24) is 0 Å². The maximum atomic E-state index is 5.79. The number of unbranched alkanes of at least 4 members (excludes halogenated alkanes) is 2. The first-order chi connectivity index (χ1) is 9.38. The van der Waals surface area contributed by atoms with E-state index in [9.17, 15) is 0 Å². The second kappa shape index (κ2) is 10.7. The molecular weight excluding hydrogens is 256 g/mol. The quantitative estimate of drug-likeness (QED) is 0.303. The molecule has 0 saturated heterocycles. The molecule has 19 heavy (non-hydrogen) atoms. The summed E-state index contributed by atoms with van der Waals surface area (Å²) in [6.45, 7) is 2.71. The van der Waals surface area contributed by atoms with Gasteiger partial charge in [0.1, 0.15) is 6.10 Å². The van der Waals surface area contributed by atoms with Crippen LogP contribution in [0.2, 0.25) is 0 Å². The van der Waals surface area contributed by atoms with Crippen molar-refractivity contribution in [3.05, 3.63) is 48.0 Å². The molecule has 1 aromatic carbocycles. The molecule has 0 N–H and O–H groups in total. The largest absolute Gasteiger partial charge is 0.357 e. The first-order valence-corrected chi connectivity index (χ1v) is 7.27. The smallest absolute Gasteiger partial charge is 0.143 e. The highest BCUT2D eigenvalue weighted by Gasteiger charge is 2.06. The highest BCUT2D eigenvalue weighted by molar-refractivity contribution is 6.18. The van der Waals surface area contributed by atoms with E-state index < -0.39 is 0 Å². The third-order valence-electron chi connectivity index (χ3n) is 2.61. The molecule has 1 rings (SSSR count). The Balaban J connectivity index is 2.62. The van der Waals surface area contributed by atoms with E-state index in [-0.39, 0.29) is 6.10 Å². The molecule has 0 aliphatic carbocycles. The summed E-state index contributed by atoms with van der Waals surface area (Å²) in [4.78, 5) is 0. The fraction of sp³-hybridized carbons (Fsp3) is 0.412. The van der Waals surface area contributed by atoms with Crippen LogP contribution in [0.4, 0.5) is 0 Å². The highest BCUT2D eigenvalue weighted by atomic mass is 35.5. The summed E-state index contributed by atoms with van der Waals surface area (Å²) >= 11 is 5.58. The van der Waals surface area contributed by atoms with Gasteiger partial charge in [0.2, 0.25) is 0 Å². The molecule has 1 nitrogen and oxygen atoms in total. The Labute approximate surface area is 121 Å². The van der Waals surface area contributed by atoms with E-state index in [2.05, 4.69) is 18.8 Å². The standard InChI is InChI=1S/C17H21ClO/c1-2-3-4-8-13-17(19-15-10-9-14-18)16-11-6-5-7-12-16/h5-7,9-12,17H,2-4,14-15H2,1H3/b10-9-. The fourth-order valence-electron chi connectivity index (χ4n) is 1.56. The molecule has 0 amide bonds. The van der Waals surface area contributed by atoms with E-state index in [1.807, 2.05) is 42.5 Å². The van der Waals surface area contributed by atoms with E-state index in [1.165, 1.54) is 6.42 Å². The first-order valence-electron chi connectivity index (χ1n) is 6.74. The number of rotatable bonds is 7. The van der Waals surface area contributed by atoms with E-state index in [0.717, 1.165) is 18.4 Å². The molecule has 0 spiro atoms. The molecule has 0 radical (unpaired) electrons. The highest BCUT2D eigenvalue weighted by Crippen LogP contribution is 2.16. The average molecular weight is 277 g/mol. The van der Waals surface area contributed by atoms with Crippen molar-refractivity contribution in [2.24, 2.45) is 0 Å². The summed E-state index contributed by atoms with van der Waals surface area (Å²) < 4.78 is 5.79. The van der Waals surface area contributed by atoms with Crippen LogP contribution in [0.5, 0.6) is 0 Å². The van der Waals surface area contributed by atoms with Crippen molar-refractivity contribution in [2.75, 3.05) is 12.5 Å². The van der Waals surface area contributed by atoms with Crippen LogP contribution in [0.15, 0.2) is 42.5 Å². The zero-order chi connectivity index (χ0) is 13.8. The maximum absolute atomic E-state index is 5.79. The summed E-state index contributed by atoms with van der Waals surface area (Å²) in [5.41, 5.74) is 1.10. The third kappa shape index (κ3) is 7.06. The molecule has 0 aromatic heterocycles. The Morgan fingerprint density at radius 2 is 2.05 bits per heavy atom. The van der Waals surface area contributed by atoms with E-state index in [1.54, 1.807) is 0 Å². The lowest BCUT2D eigenvalue weighted by molar-refractivity contribution is 0.117. The molecular formula is C17H21ClO. The van der Waals surface area contributed by atoms with Gasteiger partial charge in [0.05, 0.1) is 6.61 Å². The number of hydrogen-bond donors (Lipinski definition) is 0. The van der Waals surface area contributed by atoms with Gasteiger partial charge in [-0.25, -0.2) is 0 Å². The summed E-state index contributed by atoms with van der Waals surface area (Å²) in [5.74, 6) is 6.92. The molecule has 102 valence electrons. The molecule has 1 atom stereocenters. The summed E-state index contributed by atoms with van der Waals surface area (Å²) in [6, 6.07) is 10.1. The fourth-order valence-corrected chi connectivity index (χ4v) is 1.69. The zero-order valence-corrected chi connectivity index (χ0v) is 12.2. The molecule has 1 aromatic rings. The first kappa shape index (κ1) is 15.8. The molecule has 0 fully saturated rings. The van der Waals surface area contributed by atoms with Gasteiger partial charge in [0, 0.05) is 12.3 Å². The van der Waals surface area contributed by atoms with Gasteiger partial charge in [-0.3, -0.25) is 0 Å². The maximum Gasteiger partial charge on any atom is 0.143 e. The zero-order valence-electron chi connectivity index (χ0n) is 11.4. The van der Waals surface area contributed by atoms with Gasteiger partial charge in [-0.2, -0.15) is 0 Å². The van der Waals surface area contributed by atoms with Gasteiger partial charge in [-0.1, -0.05) is 61.7 Å². The second-order valence-corrected chi connectivity index (χ2v) is 4.48. The van der Waals surface area contributed by atoms with Gasteiger partial charge in [-0.15, -0.1) is 17.5 Å². The van der Waals surface area contributed by atoms with E-state index >= 15 is 0 Å². The second-order valence-electron chi connectivity index (χ2n) is 4.17. The molecule has 0 heterocycles. The number of hydrogen-bond acceptors (Lipinski definition) is 1. The van der Waals surface area contributed by atoms with Gasteiger partial charge in [-0.05, 0) is 12.0 Å². The summed E-state index contributed by atoms with van der Waals surface area (Å²) in [7, 11) is 0. The summed E-state index contributed by atoms with van der Waals surface area (Å²) in [6.07, 6.45) is 6.90. The van der Waals surface area contributed by atoms with Crippen LogP contribution >= 0.6 is 11.6 Å². The van der Waals surface area contributed by atoms with E-state index in [0.29, 0.717) is 12.5 Å². The van der Waals surface area contributed by atoms with Gasteiger partial charge in [0.15, 0.2) is 0 Å². The topological polar surface area (TPSA) is 9.23 Å². The predicted octanol–water partition coefficient (Wildman–Crippen LogP) is 4.73. The number of ether oxygens (including phenoxy) is 1. The monoisotopic (exact) mass is 276 g/mol. The van der Waals surface area contributed by atoms with Crippen molar-refractivity contribution < 1.29 is 4.74 Å². The van der Waals surface area contributed by atoms with Gasteiger partial charge >= 0.3 is 0 Å². The molecule has 0 aliphatic heterocycles. The van der Waals surface area contributed by atoms with Crippen LogP contribution in [0.3, 0.4) is 0 Å². The van der Waals surface area contributed by atoms with Crippen LogP contribution in [0, 0.1) is 11.8 Å². The Morgan fingerprint density at radius 3 is 2.74 bits per heavy atom. The lowest BCUT2D eigenvalue weighted by atomic mass is 10.1. The number of allylic oxidation sites excluding steroid dienone is 1. The molecule has 1 unspecified atom stereocenters. The van der Waals surface area contributed by atoms with Crippen LogP contribution in [-0.4, -0.2) is 12.5 Å². The van der Waals surface area contributed by atoms with Crippen molar-refractivity contribution in [3.8, 4) is 11.8 Å². The average Bonchev–Trinajstić information content (AvgIpc) is 2.46. The van der Waals surface area contributed by atoms with Crippen LogP contribution in [-0.2, 0) is 4.74 Å². The van der Waals surface area contributed by atoms with Crippen molar-refractivity contribution in [3.63, 3.8) is 0 Å². The van der Waals surface area contributed by atoms with E-state index in [4.69, 9.17) is 16.3 Å². The van der Waals surface area contributed by atoms with Crippen molar-refractivity contribution in [1.29, 1.82) is 0 Å². The van der Waals surface area contributed by atoms with Crippen LogP contribution < -0.4 is 0 Å². The van der Waals surface area contributed by atoms with Crippen molar-refractivity contribution in [2.45, 2.75) is 32.3 Å². The van der Waals surface area contributed by atoms with Gasteiger partial charge in [0.25, 0.3) is 0 Å². The number of benzene rings is 1. The Morgan fingerprint density at radius 1 is 1.26 bits per heavy atom. The lowest BCUT2D eigenvalue weighted by Crippen LogP contribution is -2.02. The SMILES string of the molecule is CCCCC#CC(OC/C=C\CCl)c1ccccc1. The molecule has 0 aliphatic rings. The normalized spacial score (nSPS) is 12.1. The van der Waals surface area contributed by atoms with Crippen molar-refractivity contribution >= 4 is 11.6 Å². The summed E-state index contributed by atoms with van der Waals surface area (Å²) in [5, 5.41) is 0. The minimum atomic E-state index is -0.155. The number of alkyl halides is 1. The lowest BCUT2D eigenvalue weighted by Gasteiger charge is -2.11. The minimum Gasteiger partial charge on any atom is -0.357 e. The Kier molecular flexibility index (Phi) is 8.89. The van der Waals surface area contributed by atoms with Gasteiger partial charge < -0.3 is 4.74 Å². The molecule has 0 saturated carbocycles. The van der Waals surface area contributed by atoms with Crippen LogP contribution in [0.1, 0.15) is 37.9 Å². The Bertz CT molecular complexity index is 414. The van der Waals surface area contributed by atoms with Crippen LogP contribution in [0.25, 0.3) is 0 Å². The Hall–Kier alpha value is -1.23. The third-order valence-corrected chi connectivity index (χ3v) is 2.78. The minimum absolute atomic E-state index is 0.155. The molecule has 2 heteroatoms. The number of halogens is 1.